The number of hydrogen-bond acceptors (Lipinski definition) is 4. The first-order chi connectivity index (χ1) is 8.99. The lowest BCUT2D eigenvalue weighted by molar-refractivity contribution is -0.385. The number of benzene rings is 1. The molecule has 0 radical (unpaired) electrons. The Labute approximate surface area is 108 Å². The lowest BCUT2D eigenvalue weighted by atomic mass is 10.1. The number of nitrogens with two attached hydrogens (primary N) is 1. The molecule has 1 fully saturated rings. The Bertz CT molecular complexity index is 478. The molecule has 1 aromatic carbocycles. The summed E-state index contributed by atoms with van der Waals surface area (Å²) in [5, 5.41) is 13.4. The molecule has 19 heavy (non-hydrogen) atoms. The SMILES string of the molecule is NC(CNc1ccc([N+](=O)[O-])cc1C(F)F)C1CC1. The van der Waals surface area contributed by atoms with Gasteiger partial charge < -0.3 is 11.1 Å². The molecule has 0 heterocycles. The minimum Gasteiger partial charge on any atom is -0.383 e. The molecule has 1 aromatic rings. The van der Waals surface area contributed by atoms with Gasteiger partial charge in [-0.05, 0) is 24.8 Å². The van der Waals surface area contributed by atoms with E-state index in [1.54, 1.807) is 0 Å². The van der Waals surface area contributed by atoms with Gasteiger partial charge >= 0.3 is 0 Å². The Balaban J connectivity index is 2.11. The largest absolute Gasteiger partial charge is 0.383 e. The topological polar surface area (TPSA) is 81.2 Å². The van der Waals surface area contributed by atoms with Crippen LogP contribution >= 0.6 is 0 Å². The molecule has 1 aliphatic carbocycles. The molecule has 104 valence electrons. The molecule has 0 amide bonds. The van der Waals surface area contributed by atoms with E-state index in [0.717, 1.165) is 18.9 Å². The van der Waals surface area contributed by atoms with Gasteiger partial charge in [0.25, 0.3) is 12.1 Å². The highest BCUT2D eigenvalue weighted by Gasteiger charge is 2.28. The number of rotatable bonds is 6. The number of nitro groups is 1. The van der Waals surface area contributed by atoms with Gasteiger partial charge in [0.2, 0.25) is 0 Å². The fourth-order valence-electron chi connectivity index (χ4n) is 1.92. The van der Waals surface area contributed by atoms with Gasteiger partial charge in [-0.25, -0.2) is 8.78 Å². The molecule has 1 atom stereocenters. The molecule has 5 nitrogen and oxygen atoms in total. The molecule has 7 heteroatoms. The molecule has 0 bridgehead atoms. The predicted octanol–water partition coefficient (Wildman–Crippen LogP) is 2.68. The monoisotopic (exact) mass is 271 g/mol. The number of non-ortho nitro benzene ring substituents is 1. The molecular weight excluding hydrogens is 256 g/mol. The second kappa shape index (κ2) is 5.48. The fourth-order valence-corrected chi connectivity index (χ4v) is 1.92. The lowest BCUT2D eigenvalue weighted by Gasteiger charge is -2.15. The van der Waals surface area contributed by atoms with E-state index >= 15 is 0 Å². The van der Waals surface area contributed by atoms with Crippen molar-refractivity contribution in [1.82, 2.24) is 0 Å². The van der Waals surface area contributed by atoms with Gasteiger partial charge in [-0.15, -0.1) is 0 Å². The van der Waals surface area contributed by atoms with Crippen LogP contribution in [0.4, 0.5) is 20.2 Å². The summed E-state index contributed by atoms with van der Waals surface area (Å²) in [4.78, 5) is 9.88. The number of anilines is 1. The maximum atomic E-state index is 12.9. The van der Waals surface area contributed by atoms with Crippen LogP contribution in [0.25, 0.3) is 0 Å². The molecule has 1 aliphatic rings. The number of nitrogens with one attached hydrogen (secondary N) is 1. The van der Waals surface area contributed by atoms with Crippen molar-refractivity contribution < 1.29 is 13.7 Å². The normalized spacial score (nSPS) is 16.4. The van der Waals surface area contributed by atoms with Crippen molar-refractivity contribution in [3.8, 4) is 0 Å². The van der Waals surface area contributed by atoms with Crippen molar-refractivity contribution >= 4 is 11.4 Å². The molecular formula is C12H15F2N3O2. The zero-order valence-electron chi connectivity index (χ0n) is 10.2. The van der Waals surface area contributed by atoms with Gasteiger partial charge in [0.1, 0.15) is 0 Å². The maximum Gasteiger partial charge on any atom is 0.270 e. The van der Waals surface area contributed by atoms with Crippen LogP contribution in [-0.4, -0.2) is 17.5 Å². The third-order valence-electron chi connectivity index (χ3n) is 3.24. The highest BCUT2D eigenvalue weighted by atomic mass is 19.3. The summed E-state index contributed by atoms with van der Waals surface area (Å²) in [5.74, 6) is 0.459. The molecule has 3 N–H and O–H groups in total. The lowest BCUT2D eigenvalue weighted by Crippen LogP contribution is -2.31. The van der Waals surface area contributed by atoms with Crippen LogP contribution in [0.1, 0.15) is 24.8 Å². The molecule has 1 saturated carbocycles. The standard InChI is InChI=1S/C12H15F2N3O2/c13-12(14)9-5-8(17(18)19)3-4-11(9)16-6-10(15)7-1-2-7/h3-5,7,10,12,16H,1-2,6,15H2. The third kappa shape index (κ3) is 3.37. The summed E-state index contributed by atoms with van der Waals surface area (Å²) in [5.41, 5.74) is 5.37. The first-order valence-corrected chi connectivity index (χ1v) is 6.05. The number of nitrogens with zero attached hydrogens (tertiary/aromatic N) is 1. The summed E-state index contributed by atoms with van der Waals surface area (Å²) in [6.07, 6.45) is -0.616. The van der Waals surface area contributed by atoms with Crippen molar-refractivity contribution in [1.29, 1.82) is 0 Å². The number of alkyl halides is 2. The molecule has 1 unspecified atom stereocenters. The summed E-state index contributed by atoms with van der Waals surface area (Å²) in [6, 6.07) is 3.34. The Morgan fingerprint density at radius 2 is 2.16 bits per heavy atom. The van der Waals surface area contributed by atoms with E-state index in [-0.39, 0.29) is 23.0 Å². The summed E-state index contributed by atoms with van der Waals surface area (Å²) < 4.78 is 25.7. The van der Waals surface area contributed by atoms with Crippen molar-refractivity contribution in [2.75, 3.05) is 11.9 Å². The smallest absolute Gasteiger partial charge is 0.270 e. The maximum absolute atomic E-state index is 12.9. The van der Waals surface area contributed by atoms with Gasteiger partial charge in [-0.3, -0.25) is 10.1 Å². The van der Waals surface area contributed by atoms with Crippen LogP contribution in [0.15, 0.2) is 18.2 Å². The Morgan fingerprint density at radius 3 is 2.68 bits per heavy atom. The Kier molecular flexibility index (Phi) is 3.94. The highest BCUT2D eigenvalue weighted by molar-refractivity contribution is 5.56. The summed E-state index contributed by atoms with van der Waals surface area (Å²) >= 11 is 0. The first-order valence-electron chi connectivity index (χ1n) is 6.05. The number of hydrogen-bond donors (Lipinski definition) is 2. The van der Waals surface area contributed by atoms with Gasteiger partial charge in [0.15, 0.2) is 0 Å². The van der Waals surface area contributed by atoms with Gasteiger partial charge in [0, 0.05) is 36.0 Å². The van der Waals surface area contributed by atoms with Crippen molar-refractivity contribution in [3.05, 3.63) is 33.9 Å². The van der Waals surface area contributed by atoms with Crippen LogP contribution in [0.5, 0.6) is 0 Å². The van der Waals surface area contributed by atoms with E-state index in [1.165, 1.54) is 12.1 Å². The van der Waals surface area contributed by atoms with Crippen LogP contribution in [-0.2, 0) is 0 Å². The van der Waals surface area contributed by atoms with Crippen LogP contribution < -0.4 is 11.1 Å². The fraction of sp³-hybridized carbons (Fsp3) is 0.500. The minimum absolute atomic E-state index is 0.0688. The van der Waals surface area contributed by atoms with E-state index in [1.807, 2.05) is 0 Å². The van der Waals surface area contributed by atoms with Crippen LogP contribution in [0, 0.1) is 16.0 Å². The third-order valence-corrected chi connectivity index (χ3v) is 3.24. The second-order valence-corrected chi connectivity index (χ2v) is 4.71. The van der Waals surface area contributed by atoms with Crippen molar-refractivity contribution in [3.63, 3.8) is 0 Å². The zero-order valence-corrected chi connectivity index (χ0v) is 10.2. The van der Waals surface area contributed by atoms with E-state index in [9.17, 15) is 18.9 Å². The van der Waals surface area contributed by atoms with Gasteiger partial charge in [-0.2, -0.15) is 0 Å². The minimum atomic E-state index is -2.76. The summed E-state index contributed by atoms with van der Waals surface area (Å²) in [7, 11) is 0. The second-order valence-electron chi connectivity index (χ2n) is 4.71. The molecule has 0 aromatic heterocycles. The van der Waals surface area contributed by atoms with Crippen LogP contribution in [0.2, 0.25) is 0 Å². The summed E-state index contributed by atoms with van der Waals surface area (Å²) in [6.45, 7) is 0.391. The van der Waals surface area contributed by atoms with Gasteiger partial charge in [-0.1, -0.05) is 0 Å². The average molecular weight is 271 g/mol. The van der Waals surface area contributed by atoms with E-state index < -0.39 is 11.3 Å². The number of halogens is 2. The van der Waals surface area contributed by atoms with Crippen molar-refractivity contribution in [2.45, 2.75) is 25.3 Å². The Morgan fingerprint density at radius 1 is 1.47 bits per heavy atom. The van der Waals surface area contributed by atoms with E-state index in [4.69, 9.17) is 5.73 Å². The zero-order chi connectivity index (χ0) is 14.0. The molecule has 0 spiro atoms. The van der Waals surface area contributed by atoms with Crippen molar-refractivity contribution in [2.24, 2.45) is 11.7 Å². The first kappa shape index (κ1) is 13.7. The van der Waals surface area contributed by atoms with E-state index in [2.05, 4.69) is 5.32 Å². The Hall–Kier alpha value is -1.76. The highest BCUT2D eigenvalue weighted by Crippen LogP contribution is 2.33. The molecule has 0 saturated heterocycles. The number of nitro benzene ring substituents is 1. The predicted molar refractivity (Wildman–Crippen MR) is 67.2 cm³/mol. The van der Waals surface area contributed by atoms with Crippen LogP contribution in [0.3, 0.4) is 0 Å². The molecule has 2 rings (SSSR count). The van der Waals surface area contributed by atoms with Gasteiger partial charge in [0.05, 0.1) is 4.92 Å². The average Bonchev–Trinajstić information content (AvgIpc) is 3.19. The van der Waals surface area contributed by atoms with E-state index in [0.29, 0.717) is 12.5 Å². The molecule has 0 aliphatic heterocycles. The quantitative estimate of drug-likeness (QED) is 0.615.